The molecule has 0 amide bonds. The third kappa shape index (κ3) is 4.22. The first-order valence-electron chi connectivity index (χ1n) is 8.48. The first kappa shape index (κ1) is 20.7. The van der Waals surface area contributed by atoms with Crippen molar-refractivity contribution in [2.75, 3.05) is 13.2 Å². The van der Waals surface area contributed by atoms with Gasteiger partial charge in [-0.15, -0.1) is 6.58 Å². The van der Waals surface area contributed by atoms with E-state index in [0.29, 0.717) is 0 Å². The summed E-state index contributed by atoms with van der Waals surface area (Å²) in [5.41, 5.74) is -2.49. The molecule has 1 aromatic rings. The lowest BCUT2D eigenvalue weighted by atomic mass is 9.81. The van der Waals surface area contributed by atoms with Gasteiger partial charge in [-0.3, -0.25) is 0 Å². The second-order valence-electron chi connectivity index (χ2n) is 7.13. The van der Waals surface area contributed by atoms with Crippen molar-refractivity contribution in [1.82, 2.24) is 0 Å². The van der Waals surface area contributed by atoms with Crippen LogP contribution in [0.25, 0.3) is 5.57 Å². The van der Waals surface area contributed by atoms with Crippen molar-refractivity contribution in [1.29, 1.82) is 0 Å². The summed E-state index contributed by atoms with van der Waals surface area (Å²) in [5.74, 6) is -2.16. The molecule has 2 rings (SSSR count). The molecule has 0 spiro atoms. The molecular weight excluding hydrogens is 344 g/mol. The van der Waals surface area contributed by atoms with Crippen molar-refractivity contribution in [3.8, 4) is 0 Å². The summed E-state index contributed by atoms with van der Waals surface area (Å²) < 4.78 is 59.8. The Morgan fingerprint density at radius 2 is 1.81 bits per heavy atom. The summed E-state index contributed by atoms with van der Waals surface area (Å²) in [6.07, 6.45) is 1.58. The molecule has 0 aliphatic carbocycles. The zero-order chi connectivity index (χ0) is 19.5. The predicted octanol–water partition coefficient (Wildman–Crippen LogP) is 4.87. The summed E-state index contributed by atoms with van der Waals surface area (Å²) >= 11 is 0. The minimum absolute atomic E-state index is 0.0319. The van der Waals surface area contributed by atoms with Crippen molar-refractivity contribution in [2.45, 2.75) is 45.3 Å². The Morgan fingerprint density at radius 3 is 2.38 bits per heavy atom. The van der Waals surface area contributed by atoms with Gasteiger partial charge in [-0.2, -0.15) is 0 Å². The maximum atomic E-state index is 15.2. The molecule has 0 unspecified atom stereocenters. The Hall–Kier alpha value is -1.57. The first-order valence-corrected chi connectivity index (χ1v) is 8.48. The molecule has 1 aromatic carbocycles. The molecule has 0 saturated carbocycles. The van der Waals surface area contributed by atoms with E-state index in [-0.39, 0.29) is 30.8 Å². The minimum Gasteiger partial charge on any atom is -0.398 e. The van der Waals surface area contributed by atoms with Crippen LogP contribution in [-0.2, 0) is 14.0 Å². The highest BCUT2D eigenvalue weighted by molar-refractivity contribution is 6.55. The smallest absolute Gasteiger partial charge is 0.398 e. The summed E-state index contributed by atoms with van der Waals surface area (Å²) in [6.45, 7) is 11.1. The summed E-state index contributed by atoms with van der Waals surface area (Å²) in [5, 5.41) is 0. The molecule has 0 radical (unpaired) electrons. The number of hydrogen-bond acceptors (Lipinski definition) is 3. The fourth-order valence-corrected chi connectivity index (χ4v) is 2.55. The second kappa shape index (κ2) is 7.98. The molecule has 0 atom stereocenters. The maximum Gasteiger partial charge on any atom is 0.525 e. The Balaban J connectivity index is 2.40. The molecule has 1 aliphatic rings. The SMILES string of the molecule is C=CCOCCC(=C(F)B1OC(C)(C)C(C)(C)O1)c1cccc(F)c1F. The summed E-state index contributed by atoms with van der Waals surface area (Å²) in [7, 11) is -1.29. The van der Waals surface area contributed by atoms with Crippen LogP contribution >= 0.6 is 0 Å². The topological polar surface area (TPSA) is 27.7 Å². The fourth-order valence-electron chi connectivity index (χ4n) is 2.55. The van der Waals surface area contributed by atoms with Gasteiger partial charge in [0.25, 0.3) is 0 Å². The third-order valence-corrected chi connectivity index (χ3v) is 4.76. The molecule has 1 fully saturated rings. The molecule has 0 aromatic heterocycles. The van der Waals surface area contributed by atoms with Crippen LogP contribution in [0.3, 0.4) is 0 Å². The van der Waals surface area contributed by atoms with E-state index in [1.807, 2.05) is 0 Å². The van der Waals surface area contributed by atoms with Crippen molar-refractivity contribution < 1.29 is 27.2 Å². The number of rotatable bonds is 7. The van der Waals surface area contributed by atoms with Gasteiger partial charge in [-0.25, -0.2) is 13.2 Å². The van der Waals surface area contributed by atoms with E-state index in [1.165, 1.54) is 12.1 Å². The molecule has 1 heterocycles. The van der Waals surface area contributed by atoms with Gasteiger partial charge in [-0.1, -0.05) is 18.2 Å². The minimum atomic E-state index is -1.29. The van der Waals surface area contributed by atoms with E-state index in [0.717, 1.165) is 6.07 Å². The number of hydrogen-bond donors (Lipinski definition) is 0. The van der Waals surface area contributed by atoms with Gasteiger partial charge in [0.05, 0.1) is 24.4 Å². The van der Waals surface area contributed by atoms with Gasteiger partial charge in [0.1, 0.15) is 5.73 Å². The number of ether oxygens (including phenoxy) is 1. The highest BCUT2D eigenvalue weighted by Crippen LogP contribution is 2.41. The van der Waals surface area contributed by atoms with Crippen LogP contribution in [0.15, 0.2) is 36.6 Å². The van der Waals surface area contributed by atoms with Crippen molar-refractivity contribution >= 4 is 12.7 Å². The second-order valence-corrected chi connectivity index (χ2v) is 7.13. The van der Waals surface area contributed by atoms with Gasteiger partial charge in [0, 0.05) is 5.56 Å². The van der Waals surface area contributed by atoms with Crippen LogP contribution in [0.4, 0.5) is 13.2 Å². The van der Waals surface area contributed by atoms with Crippen molar-refractivity contribution in [2.24, 2.45) is 0 Å². The van der Waals surface area contributed by atoms with E-state index in [1.54, 1.807) is 33.8 Å². The third-order valence-electron chi connectivity index (χ3n) is 4.76. The van der Waals surface area contributed by atoms with Gasteiger partial charge in [-0.05, 0) is 45.8 Å². The fraction of sp³-hybridized carbons (Fsp3) is 0.474. The van der Waals surface area contributed by atoms with Gasteiger partial charge < -0.3 is 14.0 Å². The highest BCUT2D eigenvalue weighted by Gasteiger charge is 2.53. The van der Waals surface area contributed by atoms with Crippen molar-refractivity contribution in [3.05, 3.63) is 53.8 Å². The Kier molecular flexibility index (Phi) is 6.37. The monoisotopic (exact) mass is 368 g/mol. The molecular formula is C19H24BF3O3. The molecule has 26 heavy (non-hydrogen) atoms. The quantitative estimate of drug-likeness (QED) is 0.391. The first-order chi connectivity index (χ1) is 12.1. The molecule has 7 heteroatoms. The molecule has 1 saturated heterocycles. The van der Waals surface area contributed by atoms with Crippen LogP contribution in [0.1, 0.15) is 39.7 Å². The molecule has 0 N–H and O–H groups in total. The lowest BCUT2D eigenvalue weighted by molar-refractivity contribution is 0.00578. The Bertz CT molecular complexity index is 685. The average molecular weight is 368 g/mol. The van der Waals surface area contributed by atoms with Crippen LogP contribution < -0.4 is 0 Å². The standard InChI is InChI=1S/C19H24BF3O3/c1-6-11-24-12-10-14(13-8-7-9-15(21)16(13)22)17(23)20-25-18(2,3)19(4,5)26-20/h6-9H,1,10-12H2,2-5H3. The van der Waals surface area contributed by atoms with E-state index < -0.39 is 35.7 Å². The Morgan fingerprint density at radius 1 is 1.19 bits per heavy atom. The molecule has 1 aliphatic heterocycles. The lowest BCUT2D eigenvalue weighted by Gasteiger charge is -2.32. The van der Waals surface area contributed by atoms with E-state index in [2.05, 4.69) is 6.58 Å². The molecule has 3 nitrogen and oxygen atoms in total. The van der Waals surface area contributed by atoms with E-state index >= 15 is 4.39 Å². The summed E-state index contributed by atoms with van der Waals surface area (Å²) in [4.78, 5) is 0. The summed E-state index contributed by atoms with van der Waals surface area (Å²) in [6, 6.07) is 3.64. The number of benzene rings is 1. The molecule has 142 valence electrons. The van der Waals surface area contributed by atoms with Crippen LogP contribution in [0.5, 0.6) is 0 Å². The zero-order valence-electron chi connectivity index (χ0n) is 15.6. The van der Waals surface area contributed by atoms with Crippen LogP contribution in [0.2, 0.25) is 0 Å². The predicted molar refractivity (Wildman–Crippen MR) is 96.1 cm³/mol. The highest BCUT2D eigenvalue weighted by atomic mass is 19.2. The van der Waals surface area contributed by atoms with Gasteiger partial charge in [0.2, 0.25) is 0 Å². The number of halogens is 3. The van der Waals surface area contributed by atoms with Crippen LogP contribution in [0, 0.1) is 11.6 Å². The van der Waals surface area contributed by atoms with Crippen LogP contribution in [-0.4, -0.2) is 31.5 Å². The van der Waals surface area contributed by atoms with Crippen molar-refractivity contribution in [3.63, 3.8) is 0 Å². The van der Waals surface area contributed by atoms with Gasteiger partial charge in [0.15, 0.2) is 11.6 Å². The normalized spacial score (nSPS) is 19.4. The lowest BCUT2D eigenvalue weighted by Crippen LogP contribution is -2.41. The zero-order valence-corrected chi connectivity index (χ0v) is 15.6. The maximum absolute atomic E-state index is 15.2. The van der Waals surface area contributed by atoms with E-state index in [4.69, 9.17) is 14.0 Å². The largest absolute Gasteiger partial charge is 0.525 e. The van der Waals surface area contributed by atoms with Gasteiger partial charge >= 0.3 is 7.12 Å². The average Bonchev–Trinajstić information content (AvgIpc) is 2.78. The van der Waals surface area contributed by atoms with E-state index in [9.17, 15) is 8.78 Å². The Labute approximate surface area is 153 Å². The molecule has 0 bridgehead atoms.